The van der Waals surface area contributed by atoms with Crippen LogP contribution in [0.25, 0.3) is 0 Å². The van der Waals surface area contributed by atoms with Crippen molar-refractivity contribution in [3.05, 3.63) is 52.2 Å². The number of nitrogens with one attached hydrogen (secondary N) is 1. The predicted molar refractivity (Wildman–Crippen MR) is 89.3 cm³/mol. The molecule has 2 amide bonds. The number of nitrogens with zero attached hydrogens (tertiary/aromatic N) is 2. The average molecular weight is 313 g/mol. The molecule has 1 N–H and O–H groups in total. The van der Waals surface area contributed by atoms with Gasteiger partial charge in [0.15, 0.2) is 0 Å². The van der Waals surface area contributed by atoms with Crippen molar-refractivity contribution in [3.8, 4) is 0 Å². The molecule has 0 radical (unpaired) electrons. The van der Waals surface area contributed by atoms with Crippen LogP contribution >= 0.6 is 11.3 Å². The molecule has 2 aromatic rings. The van der Waals surface area contributed by atoms with Crippen LogP contribution in [0.3, 0.4) is 0 Å². The van der Waals surface area contributed by atoms with E-state index in [0.717, 1.165) is 38.3 Å². The standard InChI is InChI=1S/C17H19N3OS/c21-17(18-14-4-2-1-3-5-14)20-11-15(12-20)19-8-6-16-13(10-19)7-9-22-16/h1-5,7,9,15H,6,8,10-12H2,(H,18,21). The highest BCUT2D eigenvalue weighted by molar-refractivity contribution is 7.10. The van der Waals surface area contributed by atoms with Gasteiger partial charge < -0.3 is 10.2 Å². The van der Waals surface area contributed by atoms with Crippen molar-refractivity contribution in [1.82, 2.24) is 9.80 Å². The van der Waals surface area contributed by atoms with E-state index >= 15 is 0 Å². The minimum Gasteiger partial charge on any atom is -0.321 e. The van der Waals surface area contributed by atoms with Gasteiger partial charge in [0.05, 0.1) is 0 Å². The summed E-state index contributed by atoms with van der Waals surface area (Å²) in [7, 11) is 0. The maximum atomic E-state index is 12.2. The highest BCUT2D eigenvalue weighted by Gasteiger charge is 2.36. The summed E-state index contributed by atoms with van der Waals surface area (Å²) >= 11 is 1.87. The summed E-state index contributed by atoms with van der Waals surface area (Å²) in [6, 6.07) is 12.4. The summed E-state index contributed by atoms with van der Waals surface area (Å²) in [5, 5.41) is 5.14. The van der Waals surface area contributed by atoms with Crippen molar-refractivity contribution in [2.24, 2.45) is 0 Å². The van der Waals surface area contributed by atoms with Crippen molar-refractivity contribution >= 4 is 23.1 Å². The average Bonchev–Trinajstić information content (AvgIpc) is 2.94. The van der Waals surface area contributed by atoms with Crippen LogP contribution in [0.1, 0.15) is 10.4 Å². The van der Waals surface area contributed by atoms with Gasteiger partial charge in [-0.3, -0.25) is 4.90 Å². The fraction of sp³-hybridized carbons (Fsp3) is 0.353. The van der Waals surface area contributed by atoms with Gasteiger partial charge in [0.1, 0.15) is 0 Å². The molecule has 0 bridgehead atoms. The van der Waals surface area contributed by atoms with Gasteiger partial charge in [0.25, 0.3) is 0 Å². The van der Waals surface area contributed by atoms with E-state index in [0.29, 0.717) is 6.04 Å². The number of urea groups is 1. The van der Waals surface area contributed by atoms with E-state index in [4.69, 9.17) is 0 Å². The second-order valence-corrected chi connectivity index (χ2v) is 6.95. The lowest BCUT2D eigenvalue weighted by Gasteiger charge is -2.46. The maximum absolute atomic E-state index is 12.2. The van der Waals surface area contributed by atoms with Gasteiger partial charge in [-0.2, -0.15) is 0 Å². The molecule has 0 spiro atoms. The third-order valence-corrected chi connectivity index (χ3v) is 5.55. The maximum Gasteiger partial charge on any atom is 0.321 e. The molecule has 0 aliphatic carbocycles. The number of para-hydroxylation sites is 1. The first-order valence-corrected chi connectivity index (χ1v) is 8.58. The number of hydrogen-bond acceptors (Lipinski definition) is 3. The molecule has 5 heteroatoms. The Balaban J connectivity index is 1.30. The van der Waals surface area contributed by atoms with Crippen LogP contribution in [0, 0.1) is 0 Å². The van der Waals surface area contributed by atoms with Crippen molar-refractivity contribution in [1.29, 1.82) is 0 Å². The fourth-order valence-electron chi connectivity index (χ4n) is 3.16. The number of carbonyl (C=O) groups excluding carboxylic acids is 1. The van der Waals surface area contributed by atoms with Crippen molar-refractivity contribution < 1.29 is 4.79 Å². The molecule has 4 rings (SSSR count). The van der Waals surface area contributed by atoms with Crippen LogP contribution in [-0.2, 0) is 13.0 Å². The molecular weight excluding hydrogens is 294 g/mol. The summed E-state index contributed by atoms with van der Waals surface area (Å²) < 4.78 is 0. The number of carbonyl (C=O) groups is 1. The minimum atomic E-state index is 0.00989. The van der Waals surface area contributed by atoms with Gasteiger partial charge >= 0.3 is 6.03 Å². The third-order valence-electron chi connectivity index (χ3n) is 4.53. The molecule has 1 aromatic heterocycles. The van der Waals surface area contributed by atoms with Gasteiger partial charge in [0, 0.05) is 42.8 Å². The van der Waals surface area contributed by atoms with E-state index in [9.17, 15) is 4.79 Å². The van der Waals surface area contributed by atoms with E-state index in [2.05, 4.69) is 21.7 Å². The molecule has 0 unspecified atom stereocenters. The normalized spacial score (nSPS) is 18.6. The van der Waals surface area contributed by atoms with Crippen LogP contribution in [0.2, 0.25) is 0 Å². The number of anilines is 1. The molecule has 1 aromatic carbocycles. The van der Waals surface area contributed by atoms with Gasteiger partial charge in [0.2, 0.25) is 0 Å². The van der Waals surface area contributed by atoms with Crippen molar-refractivity contribution in [3.63, 3.8) is 0 Å². The Hall–Kier alpha value is -1.85. The Morgan fingerprint density at radius 1 is 1.18 bits per heavy atom. The molecule has 0 atom stereocenters. The van der Waals surface area contributed by atoms with Crippen LogP contribution in [0.5, 0.6) is 0 Å². The first-order chi connectivity index (χ1) is 10.8. The second kappa shape index (κ2) is 5.74. The number of benzene rings is 1. The van der Waals surface area contributed by atoms with Crippen LogP contribution in [-0.4, -0.2) is 41.5 Å². The molecule has 2 aliphatic heterocycles. The lowest BCUT2D eigenvalue weighted by atomic mass is 10.0. The number of thiophene rings is 1. The zero-order valence-electron chi connectivity index (χ0n) is 12.4. The molecule has 1 fully saturated rings. The van der Waals surface area contributed by atoms with Crippen LogP contribution < -0.4 is 5.32 Å². The Kier molecular flexibility index (Phi) is 3.60. The van der Waals surface area contributed by atoms with E-state index in [1.807, 2.05) is 46.6 Å². The third kappa shape index (κ3) is 2.62. The van der Waals surface area contributed by atoms with Gasteiger partial charge in [-0.05, 0) is 35.6 Å². The minimum absolute atomic E-state index is 0.00989. The topological polar surface area (TPSA) is 35.6 Å². The number of likely N-dealkylation sites (tertiary alicyclic amines) is 1. The lowest BCUT2D eigenvalue weighted by Crippen LogP contribution is -2.62. The quantitative estimate of drug-likeness (QED) is 0.925. The zero-order valence-corrected chi connectivity index (χ0v) is 13.2. The Morgan fingerprint density at radius 2 is 2.00 bits per heavy atom. The molecule has 114 valence electrons. The van der Waals surface area contributed by atoms with E-state index in [-0.39, 0.29) is 6.03 Å². The first kappa shape index (κ1) is 13.8. The molecule has 22 heavy (non-hydrogen) atoms. The predicted octanol–water partition coefficient (Wildman–Crippen LogP) is 3.02. The summed E-state index contributed by atoms with van der Waals surface area (Å²) in [5.41, 5.74) is 2.33. The van der Waals surface area contributed by atoms with Crippen molar-refractivity contribution in [2.45, 2.75) is 19.0 Å². The summed E-state index contributed by atoms with van der Waals surface area (Å²) in [5.74, 6) is 0. The van der Waals surface area contributed by atoms with Crippen LogP contribution in [0.15, 0.2) is 41.8 Å². The fourth-order valence-corrected chi connectivity index (χ4v) is 4.05. The van der Waals surface area contributed by atoms with Crippen LogP contribution in [0.4, 0.5) is 10.5 Å². The summed E-state index contributed by atoms with van der Waals surface area (Å²) in [4.78, 5) is 18.1. The van der Waals surface area contributed by atoms with Gasteiger partial charge in [-0.25, -0.2) is 4.79 Å². The lowest BCUT2D eigenvalue weighted by molar-refractivity contribution is 0.0533. The van der Waals surface area contributed by atoms with Gasteiger partial charge in [-0.15, -0.1) is 11.3 Å². The zero-order chi connectivity index (χ0) is 14.9. The highest BCUT2D eigenvalue weighted by Crippen LogP contribution is 2.27. The first-order valence-electron chi connectivity index (χ1n) is 7.70. The second-order valence-electron chi connectivity index (χ2n) is 5.94. The smallest absolute Gasteiger partial charge is 0.321 e. The van der Waals surface area contributed by atoms with E-state index in [1.165, 1.54) is 10.4 Å². The number of fused-ring (bicyclic) bond motifs is 1. The van der Waals surface area contributed by atoms with E-state index < -0.39 is 0 Å². The monoisotopic (exact) mass is 313 g/mol. The largest absolute Gasteiger partial charge is 0.321 e. The molecule has 2 aliphatic rings. The van der Waals surface area contributed by atoms with Crippen molar-refractivity contribution in [2.75, 3.05) is 25.0 Å². The Morgan fingerprint density at radius 3 is 2.82 bits per heavy atom. The summed E-state index contributed by atoms with van der Waals surface area (Å²) in [6.07, 6.45) is 1.15. The summed E-state index contributed by atoms with van der Waals surface area (Å²) in [6.45, 7) is 3.82. The number of rotatable bonds is 2. The molecule has 3 heterocycles. The highest BCUT2D eigenvalue weighted by atomic mass is 32.1. The van der Waals surface area contributed by atoms with E-state index in [1.54, 1.807) is 0 Å². The molecular formula is C17H19N3OS. The Labute approximate surface area is 134 Å². The molecule has 4 nitrogen and oxygen atoms in total. The molecule has 0 saturated carbocycles. The molecule has 1 saturated heterocycles. The van der Waals surface area contributed by atoms with Gasteiger partial charge in [-0.1, -0.05) is 18.2 Å². The number of hydrogen-bond donors (Lipinski definition) is 1. The Bertz CT molecular complexity index is 664. The SMILES string of the molecule is O=C(Nc1ccccc1)N1CC(N2CCc3sccc3C2)C1. The number of amides is 2.